The molecule has 2 aliphatic heterocycles. The summed E-state index contributed by atoms with van der Waals surface area (Å²) >= 11 is 0. The molecule has 2 heterocycles. The Morgan fingerprint density at radius 3 is 2.68 bits per heavy atom. The van der Waals surface area contributed by atoms with Gasteiger partial charge >= 0.3 is 0 Å². The van der Waals surface area contributed by atoms with E-state index in [2.05, 4.69) is 5.32 Å². The summed E-state index contributed by atoms with van der Waals surface area (Å²) in [5, 5.41) is 3.22. The van der Waals surface area contributed by atoms with Crippen LogP contribution >= 0.6 is 0 Å². The maximum Gasteiger partial charge on any atom is 0.243 e. The molecule has 104 valence electrons. The normalized spacial score (nSPS) is 21.1. The lowest BCUT2D eigenvalue weighted by Gasteiger charge is -2.25. The smallest absolute Gasteiger partial charge is 0.243 e. The van der Waals surface area contributed by atoms with Gasteiger partial charge in [0, 0.05) is 47.6 Å². The first-order valence-electron chi connectivity index (χ1n) is 6.29. The molecule has 1 saturated heterocycles. The molecule has 0 unspecified atom stereocenters. The van der Waals surface area contributed by atoms with Crippen molar-refractivity contribution in [1.29, 1.82) is 0 Å². The van der Waals surface area contributed by atoms with Crippen molar-refractivity contribution in [2.75, 3.05) is 36.5 Å². The van der Waals surface area contributed by atoms with Gasteiger partial charge in [-0.05, 0) is 30.2 Å². The van der Waals surface area contributed by atoms with Gasteiger partial charge in [-0.15, -0.1) is 0 Å². The monoisotopic (exact) mass is 300 g/mol. The van der Waals surface area contributed by atoms with Crippen LogP contribution in [0.4, 0.5) is 5.69 Å². The summed E-state index contributed by atoms with van der Waals surface area (Å²) in [5.41, 5.74) is 2.08. The Morgan fingerprint density at radius 1 is 1.21 bits per heavy atom. The van der Waals surface area contributed by atoms with Crippen molar-refractivity contribution >= 4 is 26.5 Å². The van der Waals surface area contributed by atoms with Crippen molar-refractivity contribution in [3.8, 4) is 0 Å². The van der Waals surface area contributed by atoms with Gasteiger partial charge in [0.1, 0.15) is 0 Å². The number of fused-ring (bicyclic) bond motifs is 1. The first kappa shape index (κ1) is 13.1. The minimum absolute atomic E-state index is 0.350. The summed E-state index contributed by atoms with van der Waals surface area (Å²) in [6, 6.07) is 5.24. The highest BCUT2D eigenvalue weighted by Crippen LogP contribution is 2.27. The minimum Gasteiger partial charge on any atom is -0.384 e. The van der Waals surface area contributed by atoms with Gasteiger partial charge in [-0.1, -0.05) is 0 Å². The predicted octanol–water partition coefficient (Wildman–Crippen LogP) is 0.408. The zero-order valence-electron chi connectivity index (χ0n) is 10.5. The Morgan fingerprint density at radius 2 is 1.95 bits per heavy atom. The summed E-state index contributed by atoms with van der Waals surface area (Å²) in [5.74, 6) is 0.872. The van der Waals surface area contributed by atoms with Crippen molar-refractivity contribution in [2.24, 2.45) is 0 Å². The van der Waals surface area contributed by atoms with Gasteiger partial charge in [0.05, 0.1) is 4.90 Å². The Hall–Kier alpha value is -0.920. The third kappa shape index (κ3) is 2.42. The van der Waals surface area contributed by atoms with Gasteiger partial charge in [-0.3, -0.25) is 4.21 Å². The Kier molecular flexibility index (Phi) is 3.36. The van der Waals surface area contributed by atoms with E-state index in [1.165, 1.54) is 4.31 Å². The molecule has 2 aliphatic rings. The third-order valence-corrected chi connectivity index (χ3v) is 6.73. The van der Waals surface area contributed by atoms with E-state index in [0.29, 0.717) is 29.5 Å². The summed E-state index contributed by atoms with van der Waals surface area (Å²) in [7, 11) is -4.30. The molecule has 0 amide bonds. The first-order chi connectivity index (χ1) is 9.07. The topological polar surface area (TPSA) is 66.5 Å². The van der Waals surface area contributed by atoms with Gasteiger partial charge in [0.2, 0.25) is 10.0 Å². The fraction of sp³-hybridized carbons (Fsp3) is 0.500. The molecule has 0 spiro atoms. The zero-order valence-corrected chi connectivity index (χ0v) is 12.1. The van der Waals surface area contributed by atoms with Gasteiger partial charge in [-0.2, -0.15) is 4.31 Å². The van der Waals surface area contributed by atoms with Gasteiger partial charge in [0.25, 0.3) is 0 Å². The highest BCUT2D eigenvalue weighted by molar-refractivity contribution is 7.89. The van der Waals surface area contributed by atoms with Crippen LogP contribution in [0.5, 0.6) is 0 Å². The molecule has 0 atom stereocenters. The molecule has 1 fully saturated rings. The van der Waals surface area contributed by atoms with Crippen LogP contribution in [0, 0.1) is 0 Å². The number of nitrogens with zero attached hydrogens (tertiary/aromatic N) is 1. The number of benzene rings is 1. The third-order valence-electron chi connectivity index (χ3n) is 3.56. The lowest BCUT2D eigenvalue weighted by molar-refractivity contribution is 0.438. The fourth-order valence-electron chi connectivity index (χ4n) is 2.45. The van der Waals surface area contributed by atoms with E-state index in [0.717, 1.165) is 24.2 Å². The van der Waals surface area contributed by atoms with Crippen molar-refractivity contribution in [3.63, 3.8) is 0 Å². The minimum atomic E-state index is -3.44. The molecular weight excluding hydrogens is 284 g/mol. The van der Waals surface area contributed by atoms with Gasteiger partial charge in [0.15, 0.2) is 0 Å². The summed E-state index contributed by atoms with van der Waals surface area (Å²) in [4.78, 5) is 0.350. The maximum atomic E-state index is 12.5. The van der Waals surface area contributed by atoms with Crippen LogP contribution in [0.15, 0.2) is 23.1 Å². The highest BCUT2D eigenvalue weighted by atomic mass is 32.2. The number of rotatable bonds is 2. The second-order valence-electron chi connectivity index (χ2n) is 4.75. The molecule has 0 saturated carbocycles. The van der Waals surface area contributed by atoms with Crippen molar-refractivity contribution in [1.82, 2.24) is 4.31 Å². The van der Waals surface area contributed by atoms with E-state index in [9.17, 15) is 12.6 Å². The molecule has 0 aliphatic carbocycles. The second kappa shape index (κ2) is 4.88. The van der Waals surface area contributed by atoms with Crippen LogP contribution in [-0.4, -0.2) is 48.1 Å². The van der Waals surface area contributed by atoms with Crippen molar-refractivity contribution < 1.29 is 12.6 Å². The Bertz CT molecular complexity index is 618. The molecule has 0 radical (unpaired) electrons. The standard InChI is InChI=1S/C12H16N2O3S2/c15-18-7-5-14(6-8-18)19(16,17)11-1-2-12-10(9-11)3-4-13-12/h1-2,9,13H,3-8H2. The SMILES string of the molecule is O=S1CCN(S(=O)(=O)c2ccc3c(c2)CCN3)CC1. The van der Waals surface area contributed by atoms with E-state index in [1.54, 1.807) is 12.1 Å². The Labute approximate surface area is 115 Å². The molecule has 19 heavy (non-hydrogen) atoms. The van der Waals surface area contributed by atoms with Crippen LogP contribution in [0.3, 0.4) is 0 Å². The molecular formula is C12H16N2O3S2. The number of hydrogen-bond donors (Lipinski definition) is 1. The fourth-order valence-corrected chi connectivity index (χ4v) is 5.23. The van der Waals surface area contributed by atoms with E-state index < -0.39 is 20.8 Å². The van der Waals surface area contributed by atoms with E-state index in [1.807, 2.05) is 6.07 Å². The molecule has 1 aromatic carbocycles. The average Bonchev–Trinajstić information content (AvgIpc) is 2.86. The maximum absolute atomic E-state index is 12.5. The van der Waals surface area contributed by atoms with Crippen LogP contribution < -0.4 is 5.32 Å². The molecule has 7 heteroatoms. The second-order valence-corrected chi connectivity index (χ2v) is 8.38. The van der Waals surface area contributed by atoms with Crippen LogP contribution in [-0.2, 0) is 27.2 Å². The number of anilines is 1. The lowest BCUT2D eigenvalue weighted by Crippen LogP contribution is -2.41. The molecule has 0 bridgehead atoms. The van der Waals surface area contributed by atoms with E-state index in [-0.39, 0.29) is 0 Å². The first-order valence-corrected chi connectivity index (χ1v) is 9.22. The van der Waals surface area contributed by atoms with E-state index >= 15 is 0 Å². The van der Waals surface area contributed by atoms with Crippen LogP contribution in [0.25, 0.3) is 0 Å². The average molecular weight is 300 g/mol. The quantitative estimate of drug-likeness (QED) is 0.859. The summed E-state index contributed by atoms with van der Waals surface area (Å²) in [6.45, 7) is 1.57. The number of sulfonamides is 1. The van der Waals surface area contributed by atoms with Crippen molar-refractivity contribution in [3.05, 3.63) is 23.8 Å². The largest absolute Gasteiger partial charge is 0.384 e. The predicted molar refractivity (Wildman–Crippen MR) is 75.3 cm³/mol. The number of hydrogen-bond acceptors (Lipinski definition) is 4. The molecule has 5 nitrogen and oxygen atoms in total. The van der Waals surface area contributed by atoms with Crippen LogP contribution in [0.1, 0.15) is 5.56 Å². The molecule has 1 aromatic rings. The number of nitrogens with one attached hydrogen (secondary N) is 1. The molecule has 0 aromatic heterocycles. The highest BCUT2D eigenvalue weighted by Gasteiger charge is 2.28. The van der Waals surface area contributed by atoms with Crippen molar-refractivity contribution in [2.45, 2.75) is 11.3 Å². The van der Waals surface area contributed by atoms with Gasteiger partial charge < -0.3 is 5.32 Å². The Balaban J connectivity index is 1.90. The molecule has 3 rings (SSSR count). The van der Waals surface area contributed by atoms with E-state index in [4.69, 9.17) is 0 Å². The zero-order chi connectivity index (χ0) is 13.5. The molecule has 1 N–H and O–H groups in total. The summed E-state index contributed by atoms with van der Waals surface area (Å²) < 4.78 is 37.8. The lowest BCUT2D eigenvalue weighted by atomic mass is 10.2. The van der Waals surface area contributed by atoms with Crippen LogP contribution in [0.2, 0.25) is 0 Å². The summed E-state index contributed by atoms with van der Waals surface area (Å²) in [6.07, 6.45) is 0.864. The van der Waals surface area contributed by atoms with Gasteiger partial charge in [-0.25, -0.2) is 8.42 Å².